The highest BCUT2D eigenvalue weighted by Gasteiger charge is 2.10. The molecule has 0 radical (unpaired) electrons. The molecular formula is C15H10BrFN2O2. The van der Waals surface area contributed by atoms with Crippen LogP contribution in [0.4, 0.5) is 10.1 Å². The lowest BCUT2D eigenvalue weighted by Gasteiger charge is -2.07. The van der Waals surface area contributed by atoms with E-state index < -0.39 is 4.92 Å². The van der Waals surface area contributed by atoms with Crippen LogP contribution < -0.4 is 0 Å². The predicted octanol–water partition coefficient (Wildman–Crippen LogP) is 4.50. The van der Waals surface area contributed by atoms with Crippen LogP contribution in [0.25, 0.3) is 10.9 Å². The molecule has 0 atom stereocenters. The van der Waals surface area contributed by atoms with E-state index in [-0.39, 0.29) is 11.5 Å². The van der Waals surface area contributed by atoms with Gasteiger partial charge in [-0.1, -0.05) is 15.9 Å². The zero-order valence-electron chi connectivity index (χ0n) is 10.8. The van der Waals surface area contributed by atoms with Crippen LogP contribution in [0, 0.1) is 15.9 Å². The van der Waals surface area contributed by atoms with Crippen LogP contribution in [0.2, 0.25) is 0 Å². The first-order chi connectivity index (χ1) is 10.0. The van der Waals surface area contributed by atoms with Crippen molar-refractivity contribution in [1.29, 1.82) is 0 Å². The summed E-state index contributed by atoms with van der Waals surface area (Å²) in [7, 11) is 0. The van der Waals surface area contributed by atoms with Crippen molar-refractivity contribution in [2.45, 2.75) is 6.54 Å². The summed E-state index contributed by atoms with van der Waals surface area (Å²) in [6, 6.07) is 11.2. The number of hydrogen-bond donors (Lipinski definition) is 0. The zero-order valence-corrected chi connectivity index (χ0v) is 12.4. The van der Waals surface area contributed by atoms with Crippen LogP contribution >= 0.6 is 15.9 Å². The Bertz CT molecular complexity index is 845. The third-order valence-corrected chi connectivity index (χ3v) is 3.81. The molecule has 0 aliphatic heterocycles. The lowest BCUT2D eigenvalue weighted by molar-refractivity contribution is -0.384. The minimum Gasteiger partial charge on any atom is -0.343 e. The van der Waals surface area contributed by atoms with Crippen molar-refractivity contribution < 1.29 is 9.31 Å². The van der Waals surface area contributed by atoms with Gasteiger partial charge in [-0.15, -0.1) is 0 Å². The summed E-state index contributed by atoms with van der Waals surface area (Å²) < 4.78 is 16.5. The van der Waals surface area contributed by atoms with Crippen LogP contribution in [0.5, 0.6) is 0 Å². The second-order valence-corrected chi connectivity index (χ2v) is 5.60. The maximum atomic E-state index is 13.8. The van der Waals surface area contributed by atoms with Crippen LogP contribution in [-0.4, -0.2) is 9.49 Å². The first kappa shape index (κ1) is 13.8. The number of rotatable bonds is 3. The van der Waals surface area contributed by atoms with Gasteiger partial charge in [0.1, 0.15) is 5.82 Å². The van der Waals surface area contributed by atoms with E-state index >= 15 is 0 Å². The van der Waals surface area contributed by atoms with Crippen LogP contribution in [0.3, 0.4) is 0 Å². The number of non-ortho nitro benzene ring substituents is 1. The number of nitro benzene ring substituents is 1. The van der Waals surface area contributed by atoms with E-state index in [0.717, 1.165) is 15.4 Å². The maximum absolute atomic E-state index is 13.8. The third kappa shape index (κ3) is 2.67. The van der Waals surface area contributed by atoms with Gasteiger partial charge in [0.2, 0.25) is 0 Å². The SMILES string of the molecule is O=[N+]([O-])c1ccc2c(ccn2Cc2cc(Br)ccc2F)c1. The zero-order chi connectivity index (χ0) is 15.0. The molecule has 1 heterocycles. The topological polar surface area (TPSA) is 48.1 Å². The molecule has 0 aliphatic carbocycles. The molecule has 0 aliphatic rings. The number of aromatic nitrogens is 1. The van der Waals surface area contributed by atoms with Crippen molar-refractivity contribution in [2.75, 3.05) is 0 Å². The van der Waals surface area contributed by atoms with Gasteiger partial charge in [-0.3, -0.25) is 10.1 Å². The number of benzene rings is 2. The van der Waals surface area contributed by atoms with Gasteiger partial charge in [-0.05, 0) is 30.3 Å². The van der Waals surface area contributed by atoms with Gasteiger partial charge in [0.05, 0.1) is 11.5 Å². The van der Waals surface area contributed by atoms with Crippen molar-refractivity contribution in [1.82, 2.24) is 4.57 Å². The van der Waals surface area contributed by atoms with Crippen LogP contribution in [0.15, 0.2) is 53.1 Å². The summed E-state index contributed by atoms with van der Waals surface area (Å²) in [5.41, 5.74) is 1.44. The van der Waals surface area contributed by atoms with E-state index in [1.54, 1.807) is 30.5 Å². The lowest BCUT2D eigenvalue weighted by atomic mass is 10.2. The largest absolute Gasteiger partial charge is 0.343 e. The molecule has 0 N–H and O–H groups in total. The Morgan fingerprint density at radius 1 is 1.19 bits per heavy atom. The Kier molecular flexibility index (Phi) is 3.47. The monoisotopic (exact) mass is 348 g/mol. The number of nitrogens with zero attached hydrogens (tertiary/aromatic N) is 2. The molecule has 6 heteroatoms. The summed E-state index contributed by atoms with van der Waals surface area (Å²) >= 11 is 3.32. The van der Waals surface area contributed by atoms with Crippen molar-refractivity contribution in [3.63, 3.8) is 0 Å². The van der Waals surface area contributed by atoms with E-state index in [1.165, 1.54) is 18.2 Å². The fraction of sp³-hybridized carbons (Fsp3) is 0.0667. The highest BCUT2D eigenvalue weighted by Crippen LogP contribution is 2.24. The first-order valence-corrected chi connectivity index (χ1v) is 7.01. The van der Waals surface area contributed by atoms with Gasteiger partial charge < -0.3 is 4.57 Å². The van der Waals surface area contributed by atoms with E-state index in [4.69, 9.17) is 0 Å². The smallest absolute Gasteiger partial charge is 0.270 e. The summed E-state index contributed by atoms with van der Waals surface area (Å²) in [6.07, 6.45) is 1.80. The summed E-state index contributed by atoms with van der Waals surface area (Å²) in [5, 5.41) is 11.5. The second-order valence-electron chi connectivity index (χ2n) is 4.68. The Hall–Kier alpha value is -2.21. The molecule has 0 saturated carbocycles. The number of halogens is 2. The Morgan fingerprint density at radius 3 is 2.76 bits per heavy atom. The number of nitro groups is 1. The normalized spacial score (nSPS) is 11.0. The predicted molar refractivity (Wildman–Crippen MR) is 81.8 cm³/mol. The summed E-state index contributed by atoms with van der Waals surface area (Å²) in [5.74, 6) is -0.276. The van der Waals surface area contributed by atoms with E-state index in [0.29, 0.717) is 12.1 Å². The van der Waals surface area contributed by atoms with Crippen LogP contribution in [-0.2, 0) is 6.54 Å². The van der Waals surface area contributed by atoms with Crippen molar-refractivity contribution in [2.24, 2.45) is 0 Å². The average molecular weight is 349 g/mol. The molecule has 1 aromatic heterocycles. The van der Waals surface area contributed by atoms with Crippen molar-refractivity contribution in [3.8, 4) is 0 Å². The van der Waals surface area contributed by atoms with Gasteiger partial charge in [-0.25, -0.2) is 4.39 Å². The minimum absolute atomic E-state index is 0.0499. The molecule has 3 aromatic rings. The maximum Gasteiger partial charge on any atom is 0.270 e. The molecule has 0 bridgehead atoms. The quantitative estimate of drug-likeness (QED) is 0.516. The molecule has 2 aromatic carbocycles. The van der Waals surface area contributed by atoms with Crippen molar-refractivity contribution >= 4 is 32.5 Å². The molecule has 0 unspecified atom stereocenters. The highest BCUT2D eigenvalue weighted by molar-refractivity contribution is 9.10. The molecule has 3 rings (SSSR count). The Morgan fingerprint density at radius 2 is 2.00 bits per heavy atom. The molecule has 0 saturated heterocycles. The highest BCUT2D eigenvalue weighted by atomic mass is 79.9. The number of hydrogen-bond acceptors (Lipinski definition) is 2. The van der Waals surface area contributed by atoms with Gasteiger partial charge in [0.25, 0.3) is 5.69 Å². The molecule has 4 nitrogen and oxygen atoms in total. The van der Waals surface area contributed by atoms with E-state index in [2.05, 4.69) is 15.9 Å². The molecule has 21 heavy (non-hydrogen) atoms. The van der Waals surface area contributed by atoms with Crippen LogP contribution in [0.1, 0.15) is 5.56 Å². The Labute approximate surface area is 128 Å². The first-order valence-electron chi connectivity index (χ1n) is 6.22. The fourth-order valence-corrected chi connectivity index (χ4v) is 2.70. The third-order valence-electron chi connectivity index (χ3n) is 3.31. The minimum atomic E-state index is -0.426. The molecule has 0 amide bonds. The Balaban J connectivity index is 2.01. The van der Waals surface area contributed by atoms with Crippen molar-refractivity contribution in [3.05, 3.63) is 74.6 Å². The summed E-state index contributed by atoms with van der Waals surface area (Å²) in [4.78, 5) is 10.3. The summed E-state index contributed by atoms with van der Waals surface area (Å²) in [6.45, 7) is 0.368. The number of fused-ring (bicyclic) bond motifs is 1. The standard InChI is InChI=1S/C15H10BrFN2O2/c16-12-1-3-14(17)11(7-12)9-18-6-5-10-8-13(19(20)21)2-4-15(10)18/h1-8H,9H2. The molecule has 0 spiro atoms. The van der Waals surface area contributed by atoms with E-state index in [1.807, 2.05) is 4.57 Å². The molecule has 0 fully saturated rings. The molecular weight excluding hydrogens is 339 g/mol. The average Bonchev–Trinajstić information content (AvgIpc) is 2.85. The van der Waals surface area contributed by atoms with E-state index in [9.17, 15) is 14.5 Å². The second kappa shape index (κ2) is 5.29. The fourth-order valence-electron chi connectivity index (χ4n) is 2.29. The lowest BCUT2D eigenvalue weighted by Crippen LogP contribution is -2.00. The van der Waals surface area contributed by atoms with Gasteiger partial charge in [0.15, 0.2) is 0 Å². The van der Waals surface area contributed by atoms with Gasteiger partial charge in [0, 0.05) is 39.3 Å². The van der Waals surface area contributed by atoms with Gasteiger partial charge >= 0.3 is 0 Å². The molecule has 106 valence electrons. The van der Waals surface area contributed by atoms with Gasteiger partial charge in [-0.2, -0.15) is 0 Å².